The van der Waals surface area contributed by atoms with E-state index < -0.39 is 10.8 Å². The summed E-state index contributed by atoms with van der Waals surface area (Å²) in [5.74, 6) is -0.487. The van der Waals surface area contributed by atoms with Crippen molar-refractivity contribution in [3.63, 3.8) is 0 Å². The standard InChI is InChI=1S/C16H15N3O4S/c20-15(17-12-6-2-1-3-7-12)10-24-11-16(21)18-13-8-4-5-9-14(13)19(22)23/h1-9H,10-11H2,(H,17,20)(H,18,21). The molecule has 0 saturated heterocycles. The average Bonchev–Trinajstić information content (AvgIpc) is 2.56. The van der Waals surface area contributed by atoms with Gasteiger partial charge < -0.3 is 10.6 Å². The first-order valence-electron chi connectivity index (χ1n) is 7.02. The molecule has 0 atom stereocenters. The summed E-state index contributed by atoms with van der Waals surface area (Å²) in [7, 11) is 0. The minimum absolute atomic E-state index is 0.0221. The minimum atomic E-state index is -0.559. The van der Waals surface area contributed by atoms with Gasteiger partial charge in [-0.2, -0.15) is 0 Å². The van der Waals surface area contributed by atoms with Crippen molar-refractivity contribution in [2.75, 3.05) is 22.1 Å². The van der Waals surface area contributed by atoms with Crippen LogP contribution < -0.4 is 10.6 Å². The number of thioether (sulfide) groups is 1. The fraction of sp³-hybridized carbons (Fsp3) is 0.125. The molecule has 0 radical (unpaired) electrons. The highest BCUT2D eigenvalue weighted by Crippen LogP contribution is 2.23. The fourth-order valence-corrected chi connectivity index (χ4v) is 2.50. The smallest absolute Gasteiger partial charge is 0.292 e. The average molecular weight is 345 g/mol. The fourth-order valence-electron chi connectivity index (χ4n) is 1.88. The summed E-state index contributed by atoms with van der Waals surface area (Å²) in [6.07, 6.45) is 0. The lowest BCUT2D eigenvalue weighted by Crippen LogP contribution is -2.18. The predicted molar refractivity (Wildman–Crippen MR) is 94.1 cm³/mol. The van der Waals surface area contributed by atoms with Crippen molar-refractivity contribution in [2.45, 2.75) is 0 Å². The van der Waals surface area contributed by atoms with Gasteiger partial charge in [-0.25, -0.2) is 0 Å². The van der Waals surface area contributed by atoms with Crippen LogP contribution in [0.2, 0.25) is 0 Å². The molecular weight excluding hydrogens is 330 g/mol. The van der Waals surface area contributed by atoms with Gasteiger partial charge in [-0.15, -0.1) is 11.8 Å². The molecule has 2 aromatic rings. The summed E-state index contributed by atoms with van der Waals surface area (Å²) in [6.45, 7) is 0. The number of benzene rings is 2. The molecule has 2 rings (SSSR count). The number of hydrogen-bond acceptors (Lipinski definition) is 5. The van der Waals surface area contributed by atoms with Crippen LogP contribution in [-0.2, 0) is 9.59 Å². The van der Waals surface area contributed by atoms with E-state index in [0.717, 1.165) is 11.8 Å². The molecule has 7 nitrogen and oxygen atoms in total. The maximum Gasteiger partial charge on any atom is 0.292 e. The van der Waals surface area contributed by atoms with E-state index in [4.69, 9.17) is 0 Å². The van der Waals surface area contributed by atoms with Crippen LogP contribution in [-0.4, -0.2) is 28.2 Å². The van der Waals surface area contributed by atoms with Gasteiger partial charge in [-0.1, -0.05) is 30.3 Å². The first kappa shape index (κ1) is 17.5. The van der Waals surface area contributed by atoms with E-state index in [-0.39, 0.29) is 28.8 Å². The number of nitrogens with one attached hydrogen (secondary N) is 2. The molecule has 0 heterocycles. The normalized spacial score (nSPS) is 10.0. The van der Waals surface area contributed by atoms with E-state index in [1.807, 2.05) is 18.2 Å². The Morgan fingerprint density at radius 2 is 1.50 bits per heavy atom. The molecule has 0 aromatic heterocycles. The Morgan fingerprint density at radius 1 is 0.917 bits per heavy atom. The first-order chi connectivity index (χ1) is 11.6. The maximum atomic E-state index is 11.8. The third kappa shape index (κ3) is 5.40. The second-order valence-corrected chi connectivity index (χ2v) is 5.72. The molecule has 0 aliphatic carbocycles. The third-order valence-electron chi connectivity index (χ3n) is 2.90. The van der Waals surface area contributed by atoms with Crippen molar-refractivity contribution < 1.29 is 14.5 Å². The number of nitro benzene ring substituents is 1. The van der Waals surface area contributed by atoms with Gasteiger partial charge in [0.25, 0.3) is 5.69 Å². The molecule has 2 N–H and O–H groups in total. The number of amides is 2. The number of nitrogens with zero attached hydrogens (tertiary/aromatic N) is 1. The maximum absolute atomic E-state index is 11.8. The number of rotatable bonds is 7. The van der Waals surface area contributed by atoms with Gasteiger partial charge in [-0.05, 0) is 18.2 Å². The molecule has 0 fully saturated rings. The zero-order valence-electron chi connectivity index (χ0n) is 12.6. The highest BCUT2D eigenvalue weighted by molar-refractivity contribution is 8.00. The SMILES string of the molecule is O=C(CSCC(=O)Nc1ccccc1[N+](=O)[O-])Nc1ccccc1. The van der Waals surface area contributed by atoms with Crippen LogP contribution in [0, 0.1) is 10.1 Å². The van der Waals surface area contributed by atoms with Gasteiger partial charge in [-0.3, -0.25) is 19.7 Å². The summed E-state index contributed by atoms with van der Waals surface area (Å²) >= 11 is 1.13. The number of carbonyl (C=O) groups is 2. The second kappa shape index (κ2) is 8.68. The monoisotopic (exact) mass is 345 g/mol. The summed E-state index contributed by atoms with van der Waals surface area (Å²) in [5.41, 5.74) is 0.659. The predicted octanol–water partition coefficient (Wildman–Crippen LogP) is 2.91. The lowest BCUT2D eigenvalue weighted by molar-refractivity contribution is -0.383. The second-order valence-electron chi connectivity index (χ2n) is 4.73. The number of hydrogen-bond donors (Lipinski definition) is 2. The Kier molecular flexibility index (Phi) is 6.32. The van der Waals surface area contributed by atoms with Crippen molar-refractivity contribution in [1.82, 2.24) is 0 Å². The van der Waals surface area contributed by atoms with E-state index in [2.05, 4.69) is 10.6 Å². The summed E-state index contributed by atoms with van der Waals surface area (Å²) in [4.78, 5) is 33.9. The van der Waals surface area contributed by atoms with Gasteiger partial charge in [0.05, 0.1) is 16.4 Å². The number of nitro groups is 1. The van der Waals surface area contributed by atoms with Crippen LogP contribution in [0.1, 0.15) is 0 Å². The van der Waals surface area contributed by atoms with Gasteiger partial charge in [0.15, 0.2) is 0 Å². The first-order valence-corrected chi connectivity index (χ1v) is 8.17. The molecule has 0 unspecified atom stereocenters. The third-order valence-corrected chi connectivity index (χ3v) is 3.83. The van der Waals surface area contributed by atoms with E-state index in [1.165, 1.54) is 18.2 Å². The lowest BCUT2D eigenvalue weighted by Gasteiger charge is -2.06. The van der Waals surface area contributed by atoms with Crippen molar-refractivity contribution in [2.24, 2.45) is 0 Å². The molecule has 24 heavy (non-hydrogen) atoms. The van der Waals surface area contributed by atoms with Crippen LogP contribution in [0.4, 0.5) is 17.1 Å². The van der Waals surface area contributed by atoms with Crippen molar-refractivity contribution >= 4 is 40.6 Å². The topological polar surface area (TPSA) is 101 Å². The zero-order chi connectivity index (χ0) is 17.4. The molecular formula is C16H15N3O4S. The molecule has 0 bridgehead atoms. The van der Waals surface area contributed by atoms with E-state index in [0.29, 0.717) is 5.69 Å². The number of anilines is 2. The van der Waals surface area contributed by atoms with Gasteiger partial charge in [0.2, 0.25) is 11.8 Å². The van der Waals surface area contributed by atoms with E-state index in [1.54, 1.807) is 18.2 Å². The summed E-state index contributed by atoms with van der Waals surface area (Å²) in [5, 5.41) is 16.1. The number of para-hydroxylation sites is 3. The number of carbonyl (C=O) groups excluding carboxylic acids is 2. The van der Waals surface area contributed by atoms with E-state index >= 15 is 0 Å². The summed E-state index contributed by atoms with van der Waals surface area (Å²) < 4.78 is 0. The lowest BCUT2D eigenvalue weighted by atomic mass is 10.2. The van der Waals surface area contributed by atoms with Crippen LogP contribution in [0.25, 0.3) is 0 Å². The Labute approximate surface area is 142 Å². The molecule has 124 valence electrons. The van der Waals surface area contributed by atoms with Gasteiger partial charge >= 0.3 is 0 Å². The van der Waals surface area contributed by atoms with Crippen LogP contribution in [0.3, 0.4) is 0 Å². The van der Waals surface area contributed by atoms with Gasteiger partial charge in [0.1, 0.15) is 5.69 Å². The van der Waals surface area contributed by atoms with Crippen molar-refractivity contribution in [3.8, 4) is 0 Å². The van der Waals surface area contributed by atoms with Crippen molar-refractivity contribution in [1.29, 1.82) is 0 Å². The van der Waals surface area contributed by atoms with Crippen LogP contribution >= 0.6 is 11.8 Å². The Hall–Kier alpha value is -2.87. The summed E-state index contributed by atoms with van der Waals surface area (Å²) in [6, 6.07) is 14.9. The molecule has 0 spiro atoms. The molecule has 0 aliphatic rings. The van der Waals surface area contributed by atoms with Crippen LogP contribution in [0.15, 0.2) is 54.6 Å². The van der Waals surface area contributed by atoms with Crippen molar-refractivity contribution in [3.05, 3.63) is 64.7 Å². The zero-order valence-corrected chi connectivity index (χ0v) is 13.4. The van der Waals surface area contributed by atoms with Gasteiger partial charge in [0, 0.05) is 11.8 Å². The molecule has 2 aromatic carbocycles. The Balaban J connectivity index is 1.78. The largest absolute Gasteiger partial charge is 0.325 e. The molecule has 0 aliphatic heterocycles. The minimum Gasteiger partial charge on any atom is -0.325 e. The molecule has 0 saturated carbocycles. The Bertz CT molecular complexity index is 737. The quantitative estimate of drug-likeness (QED) is 0.593. The highest BCUT2D eigenvalue weighted by Gasteiger charge is 2.14. The highest BCUT2D eigenvalue weighted by atomic mass is 32.2. The van der Waals surface area contributed by atoms with E-state index in [9.17, 15) is 19.7 Å². The molecule has 8 heteroatoms. The molecule has 2 amide bonds. The Morgan fingerprint density at radius 3 is 2.17 bits per heavy atom. The van der Waals surface area contributed by atoms with Crippen LogP contribution in [0.5, 0.6) is 0 Å².